The summed E-state index contributed by atoms with van der Waals surface area (Å²) in [5.74, 6) is 0.864. The number of carbonyl (C=O) groups is 1. The zero-order valence-electron chi connectivity index (χ0n) is 17.2. The molecular weight excluding hydrogens is 416 g/mol. The van der Waals surface area contributed by atoms with E-state index in [1.807, 2.05) is 54.6 Å². The number of hydrogen-bond acceptors (Lipinski definition) is 5. The smallest absolute Gasteiger partial charge is 0.340 e. The molecule has 0 aromatic heterocycles. The molecule has 0 unspecified atom stereocenters. The van der Waals surface area contributed by atoms with Gasteiger partial charge in [-0.15, -0.1) is 0 Å². The summed E-state index contributed by atoms with van der Waals surface area (Å²) in [7, 11) is 0. The lowest BCUT2D eigenvalue weighted by atomic mass is 9.74. The molecule has 5 aromatic rings. The van der Waals surface area contributed by atoms with Crippen LogP contribution in [0, 0.1) is 0 Å². The molecule has 0 fully saturated rings. The second-order valence-corrected chi connectivity index (χ2v) is 8.41. The van der Waals surface area contributed by atoms with Gasteiger partial charge >= 0.3 is 5.97 Å². The third kappa shape index (κ3) is 2.23. The van der Waals surface area contributed by atoms with Crippen LogP contribution in [-0.2, 0) is 10.3 Å². The van der Waals surface area contributed by atoms with Crippen molar-refractivity contribution in [2.45, 2.75) is 5.60 Å². The Bertz CT molecular complexity index is 1580. The number of hydrogen-bond donors (Lipinski definition) is 2. The van der Waals surface area contributed by atoms with Crippen LogP contribution in [0.2, 0.25) is 0 Å². The zero-order valence-corrected chi connectivity index (χ0v) is 17.2. The van der Waals surface area contributed by atoms with E-state index in [-0.39, 0.29) is 11.5 Å². The maximum Gasteiger partial charge on any atom is 0.340 e. The van der Waals surface area contributed by atoms with Crippen LogP contribution in [0.1, 0.15) is 27.0 Å². The Morgan fingerprint density at radius 2 is 1.21 bits per heavy atom. The van der Waals surface area contributed by atoms with E-state index in [0.717, 1.165) is 21.5 Å². The largest absolute Gasteiger partial charge is 0.508 e. The Morgan fingerprint density at radius 3 is 1.82 bits per heavy atom. The second kappa shape index (κ2) is 6.04. The Kier molecular flexibility index (Phi) is 3.32. The van der Waals surface area contributed by atoms with Crippen LogP contribution in [0.15, 0.2) is 84.9 Å². The molecule has 5 heteroatoms. The molecule has 5 aromatic carbocycles. The van der Waals surface area contributed by atoms with Crippen LogP contribution < -0.4 is 4.74 Å². The van der Waals surface area contributed by atoms with Crippen LogP contribution >= 0.6 is 0 Å². The fourth-order valence-electron chi connectivity index (χ4n) is 5.30. The van der Waals surface area contributed by atoms with Gasteiger partial charge in [0.1, 0.15) is 23.0 Å². The molecule has 0 bridgehead atoms. The Hall–Kier alpha value is -4.51. The van der Waals surface area contributed by atoms with E-state index in [4.69, 9.17) is 9.47 Å². The number of phenolic OH excluding ortho intramolecular Hbond substituents is 2. The first-order chi connectivity index (χ1) is 16.1. The number of carbonyl (C=O) groups excluding carboxylic acids is 1. The van der Waals surface area contributed by atoms with Gasteiger partial charge < -0.3 is 19.7 Å². The summed E-state index contributed by atoms with van der Waals surface area (Å²) in [6, 6.07) is 25.1. The number of fused-ring (bicyclic) bond motifs is 10. The summed E-state index contributed by atoms with van der Waals surface area (Å²) in [5.41, 5.74) is 1.17. The van der Waals surface area contributed by atoms with Gasteiger partial charge in [-0.05, 0) is 64.0 Å². The van der Waals surface area contributed by atoms with Crippen LogP contribution in [0.5, 0.6) is 23.0 Å². The Balaban J connectivity index is 1.73. The Morgan fingerprint density at radius 1 is 0.667 bits per heavy atom. The van der Waals surface area contributed by atoms with Gasteiger partial charge in [-0.25, -0.2) is 4.79 Å². The van der Waals surface area contributed by atoms with Crippen LogP contribution in [-0.4, -0.2) is 16.2 Å². The quantitative estimate of drug-likeness (QED) is 0.295. The van der Waals surface area contributed by atoms with Crippen molar-refractivity contribution < 1.29 is 24.5 Å². The molecule has 0 radical (unpaired) electrons. The van der Waals surface area contributed by atoms with Crippen molar-refractivity contribution in [3.8, 4) is 23.0 Å². The summed E-state index contributed by atoms with van der Waals surface area (Å²) in [6.07, 6.45) is 0. The lowest BCUT2D eigenvalue weighted by Gasteiger charge is -2.38. The van der Waals surface area contributed by atoms with Crippen molar-refractivity contribution in [1.29, 1.82) is 0 Å². The molecular formula is C28H16O5. The third-order valence-electron chi connectivity index (χ3n) is 6.63. The summed E-state index contributed by atoms with van der Waals surface area (Å²) < 4.78 is 12.7. The number of esters is 1. The number of phenols is 2. The standard InChI is InChI=1S/C28H16O5/c29-17-9-5-15-7-11-23-25(20(15)13-17)28(22-4-2-1-3-19(22)27(31)33-28)26-21-14-18(30)10-6-16(21)8-12-24(26)32-23/h1-14,29-30H. The Labute approximate surface area is 188 Å². The highest BCUT2D eigenvalue weighted by Crippen LogP contribution is 2.59. The predicted octanol–water partition coefficient (Wildman–Crippen LogP) is 5.97. The second-order valence-electron chi connectivity index (χ2n) is 8.41. The van der Waals surface area contributed by atoms with Crippen molar-refractivity contribution >= 4 is 27.5 Å². The summed E-state index contributed by atoms with van der Waals surface area (Å²) in [4.78, 5) is 13.2. The summed E-state index contributed by atoms with van der Waals surface area (Å²) in [5, 5.41) is 23.9. The van der Waals surface area contributed by atoms with E-state index in [1.165, 1.54) is 0 Å². The molecule has 2 heterocycles. The molecule has 158 valence electrons. The van der Waals surface area contributed by atoms with Crippen molar-refractivity contribution in [2.24, 2.45) is 0 Å². The molecule has 0 amide bonds. The summed E-state index contributed by atoms with van der Waals surface area (Å²) in [6.45, 7) is 0. The molecule has 2 N–H and O–H groups in total. The SMILES string of the molecule is O=C1OC2(c3ccccc31)c1c(ccc3ccc(O)cc13)Oc1ccc3ccc(O)cc3c12. The van der Waals surface area contributed by atoms with Gasteiger partial charge in [0.15, 0.2) is 5.60 Å². The predicted molar refractivity (Wildman–Crippen MR) is 123 cm³/mol. The maximum absolute atomic E-state index is 13.2. The normalized spacial score (nSPS) is 15.1. The van der Waals surface area contributed by atoms with Gasteiger partial charge in [0.2, 0.25) is 0 Å². The highest BCUT2D eigenvalue weighted by Gasteiger charge is 2.55. The first kappa shape index (κ1) is 18.1. The minimum atomic E-state index is -1.31. The highest BCUT2D eigenvalue weighted by molar-refractivity contribution is 6.03. The van der Waals surface area contributed by atoms with Gasteiger partial charge in [-0.1, -0.05) is 42.5 Å². The van der Waals surface area contributed by atoms with Crippen molar-refractivity contribution in [3.63, 3.8) is 0 Å². The van der Waals surface area contributed by atoms with Gasteiger partial charge in [0.05, 0.1) is 16.7 Å². The van der Waals surface area contributed by atoms with Crippen LogP contribution in [0.4, 0.5) is 0 Å². The molecule has 1 spiro atoms. The third-order valence-corrected chi connectivity index (χ3v) is 6.63. The first-order valence-corrected chi connectivity index (χ1v) is 10.6. The molecule has 0 saturated heterocycles. The van der Waals surface area contributed by atoms with Crippen LogP contribution in [0.3, 0.4) is 0 Å². The average Bonchev–Trinajstić information content (AvgIpc) is 3.11. The van der Waals surface area contributed by atoms with Crippen LogP contribution in [0.25, 0.3) is 21.5 Å². The molecule has 33 heavy (non-hydrogen) atoms. The zero-order chi connectivity index (χ0) is 22.3. The van der Waals surface area contributed by atoms with E-state index in [9.17, 15) is 15.0 Å². The van der Waals surface area contributed by atoms with Gasteiger partial charge in [0.25, 0.3) is 0 Å². The monoisotopic (exact) mass is 432 g/mol. The molecule has 0 atom stereocenters. The van der Waals surface area contributed by atoms with Crippen molar-refractivity contribution in [3.05, 3.63) is 107 Å². The fraction of sp³-hybridized carbons (Fsp3) is 0.0357. The number of benzene rings is 5. The minimum absolute atomic E-state index is 0.102. The van der Waals surface area contributed by atoms with E-state index in [1.54, 1.807) is 30.3 Å². The van der Waals surface area contributed by atoms with Gasteiger partial charge in [-0.2, -0.15) is 0 Å². The molecule has 5 nitrogen and oxygen atoms in total. The van der Waals surface area contributed by atoms with E-state index >= 15 is 0 Å². The lowest BCUT2D eigenvalue weighted by molar-refractivity contribution is 0.0234. The molecule has 0 saturated carbocycles. The molecule has 0 aliphatic carbocycles. The summed E-state index contributed by atoms with van der Waals surface area (Å²) >= 11 is 0. The highest BCUT2D eigenvalue weighted by atomic mass is 16.6. The first-order valence-electron chi connectivity index (χ1n) is 10.6. The van der Waals surface area contributed by atoms with E-state index < -0.39 is 11.6 Å². The molecule has 2 aliphatic rings. The molecule has 2 aliphatic heterocycles. The van der Waals surface area contributed by atoms with E-state index in [0.29, 0.717) is 33.8 Å². The average molecular weight is 432 g/mol. The van der Waals surface area contributed by atoms with Crippen molar-refractivity contribution in [1.82, 2.24) is 0 Å². The number of rotatable bonds is 0. The topological polar surface area (TPSA) is 76.0 Å². The number of ether oxygens (including phenoxy) is 2. The minimum Gasteiger partial charge on any atom is -0.508 e. The lowest BCUT2D eigenvalue weighted by Crippen LogP contribution is -2.33. The number of aromatic hydroxyl groups is 2. The van der Waals surface area contributed by atoms with Crippen molar-refractivity contribution in [2.75, 3.05) is 0 Å². The van der Waals surface area contributed by atoms with E-state index in [2.05, 4.69) is 0 Å². The van der Waals surface area contributed by atoms with Gasteiger partial charge in [-0.3, -0.25) is 0 Å². The maximum atomic E-state index is 13.2. The van der Waals surface area contributed by atoms with Gasteiger partial charge in [0, 0.05) is 5.56 Å². The molecule has 7 rings (SSSR count). The fourth-order valence-corrected chi connectivity index (χ4v) is 5.30.